The van der Waals surface area contributed by atoms with Crippen LogP contribution in [0, 0.1) is 12.8 Å². The maximum Gasteiger partial charge on any atom is 0.222 e. The van der Waals surface area contributed by atoms with Crippen molar-refractivity contribution in [3.05, 3.63) is 17.5 Å². The second-order valence-electron chi connectivity index (χ2n) is 5.66. The van der Waals surface area contributed by atoms with Crippen LogP contribution in [0.1, 0.15) is 44.4 Å². The van der Waals surface area contributed by atoms with E-state index in [1.807, 2.05) is 16.5 Å². The zero-order valence-electron chi connectivity index (χ0n) is 12.4. The van der Waals surface area contributed by atoms with Crippen molar-refractivity contribution in [1.82, 2.24) is 14.7 Å². The van der Waals surface area contributed by atoms with E-state index in [9.17, 15) is 4.79 Å². The summed E-state index contributed by atoms with van der Waals surface area (Å²) in [7, 11) is 0. The number of hydrogen-bond acceptors (Lipinski definition) is 2. The maximum absolute atomic E-state index is 12.2. The Hall–Kier alpha value is -1.32. The third kappa shape index (κ3) is 3.58. The molecule has 0 radical (unpaired) electrons. The monoisotopic (exact) mass is 263 g/mol. The molecule has 4 heteroatoms. The van der Waals surface area contributed by atoms with Gasteiger partial charge in [0.15, 0.2) is 0 Å². The zero-order chi connectivity index (χ0) is 13.8. The number of carbonyl (C=O) groups is 1. The Bertz CT molecular complexity index is 431. The van der Waals surface area contributed by atoms with Gasteiger partial charge in [-0.2, -0.15) is 5.10 Å². The minimum atomic E-state index is 0.301. The van der Waals surface area contributed by atoms with Gasteiger partial charge in [-0.15, -0.1) is 0 Å². The number of aryl methyl sites for hydroxylation is 3. The fourth-order valence-corrected chi connectivity index (χ4v) is 2.62. The van der Waals surface area contributed by atoms with E-state index in [1.54, 1.807) is 0 Å². The average molecular weight is 263 g/mol. The number of aromatic nitrogens is 2. The summed E-state index contributed by atoms with van der Waals surface area (Å²) >= 11 is 0. The predicted octanol–water partition coefficient (Wildman–Crippen LogP) is 2.40. The maximum atomic E-state index is 12.2. The molecule has 106 valence electrons. The first-order valence-electron chi connectivity index (χ1n) is 7.40. The van der Waals surface area contributed by atoms with Crippen LogP contribution in [0.5, 0.6) is 0 Å². The Morgan fingerprint density at radius 2 is 2.11 bits per heavy atom. The van der Waals surface area contributed by atoms with Crippen LogP contribution in [0.15, 0.2) is 6.20 Å². The van der Waals surface area contributed by atoms with Gasteiger partial charge in [-0.25, -0.2) is 0 Å². The number of nitrogens with zero attached hydrogens (tertiary/aromatic N) is 3. The summed E-state index contributed by atoms with van der Waals surface area (Å²) in [6, 6.07) is 0. The summed E-state index contributed by atoms with van der Waals surface area (Å²) in [5.41, 5.74) is 2.27. The Labute approximate surface area is 115 Å². The predicted molar refractivity (Wildman–Crippen MR) is 75.9 cm³/mol. The Balaban J connectivity index is 1.84. The summed E-state index contributed by atoms with van der Waals surface area (Å²) in [5.74, 6) is 1.07. The molecule has 0 aromatic carbocycles. The number of piperidine rings is 1. The highest BCUT2D eigenvalue weighted by Crippen LogP contribution is 2.17. The van der Waals surface area contributed by atoms with Crippen LogP contribution in [-0.2, 0) is 17.8 Å². The molecule has 1 aliphatic rings. The van der Waals surface area contributed by atoms with E-state index >= 15 is 0 Å². The molecule has 0 spiro atoms. The Morgan fingerprint density at radius 1 is 1.42 bits per heavy atom. The van der Waals surface area contributed by atoms with Crippen molar-refractivity contribution in [2.45, 2.75) is 53.0 Å². The molecule has 0 aliphatic carbocycles. The SMILES string of the molecule is CCn1cc(CCC(=O)N2CCC(C)CC2)c(C)n1. The van der Waals surface area contributed by atoms with Crippen LogP contribution in [0.25, 0.3) is 0 Å². The standard InChI is InChI=1S/C15H25N3O/c1-4-18-11-14(13(3)16-18)5-6-15(19)17-9-7-12(2)8-10-17/h11-12H,4-10H2,1-3H3. The molecule has 0 saturated carbocycles. The highest BCUT2D eigenvalue weighted by molar-refractivity contribution is 5.76. The van der Waals surface area contributed by atoms with Crippen LogP contribution in [-0.4, -0.2) is 33.7 Å². The van der Waals surface area contributed by atoms with E-state index in [0.29, 0.717) is 12.3 Å². The van der Waals surface area contributed by atoms with E-state index < -0.39 is 0 Å². The molecule has 1 fully saturated rings. The highest BCUT2D eigenvalue weighted by atomic mass is 16.2. The van der Waals surface area contributed by atoms with E-state index in [0.717, 1.165) is 50.5 Å². The van der Waals surface area contributed by atoms with E-state index in [2.05, 4.69) is 25.1 Å². The minimum Gasteiger partial charge on any atom is -0.343 e. The molecular formula is C15H25N3O. The van der Waals surface area contributed by atoms with Gasteiger partial charge in [0.25, 0.3) is 0 Å². The normalized spacial score (nSPS) is 16.9. The van der Waals surface area contributed by atoms with Crippen molar-refractivity contribution < 1.29 is 4.79 Å². The quantitative estimate of drug-likeness (QED) is 0.836. The summed E-state index contributed by atoms with van der Waals surface area (Å²) in [6.07, 6.45) is 5.80. The van der Waals surface area contributed by atoms with Gasteiger partial charge in [-0.1, -0.05) is 6.92 Å². The van der Waals surface area contributed by atoms with Gasteiger partial charge >= 0.3 is 0 Å². The van der Waals surface area contributed by atoms with Gasteiger partial charge < -0.3 is 4.90 Å². The molecule has 1 saturated heterocycles. The lowest BCUT2D eigenvalue weighted by Gasteiger charge is -2.30. The summed E-state index contributed by atoms with van der Waals surface area (Å²) in [5, 5.41) is 4.42. The molecule has 1 aliphatic heterocycles. The third-order valence-electron chi connectivity index (χ3n) is 4.12. The molecule has 1 amide bonds. The van der Waals surface area contributed by atoms with Crippen molar-refractivity contribution >= 4 is 5.91 Å². The van der Waals surface area contributed by atoms with Gasteiger partial charge in [-0.3, -0.25) is 9.48 Å². The molecule has 19 heavy (non-hydrogen) atoms. The van der Waals surface area contributed by atoms with E-state index in [4.69, 9.17) is 0 Å². The molecule has 2 rings (SSSR count). The molecule has 0 N–H and O–H groups in total. The molecule has 0 bridgehead atoms. The second-order valence-corrected chi connectivity index (χ2v) is 5.66. The van der Waals surface area contributed by atoms with Crippen molar-refractivity contribution in [3.63, 3.8) is 0 Å². The Kier molecular flexibility index (Phi) is 4.61. The first kappa shape index (κ1) is 14.1. The van der Waals surface area contributed by atoms with E-state index in [1.165, 1.54) is 5.56 Å². The first-order chi connectivity index (χ1) is 9.10. The smallest absolute Gasteiger partial charge is 0.222 e. The fourth-order valence-electron chi connectivity index (χ4n) is 2.62. The van der Waals surface area contributed by atoms with Crippen molar-refractivity contribution in [2.75, 3.05) is 13.1 Å². The topological polar surface area (TPSA) is 38.1 Å². The van der Waals surface area contributed by atoms with Crippen LogP contribution < -0.4 is 0 Å². The van der Waals surface area contributed by atoms with E-state index in [-0.39, 0.29) is 0 Å². The average Bonchev–Trinajstić information content (AvgIpc) is 2.77. The number of carbonyl (C=O) groups excluding carboxylic acids is 1. The van der Waals surface area contributed by atoms with Gasteiger partial charge in [0.05, 0.1) is 5.69 Å². The summed E-state index contributed by atoms with van der Waals surface area (Å²) in [6.45, 7) is 9.13. The number of amides is 1. The summed E-state index contributed by atoms with van der Waals surface area (Å²) in [4.78, 5) is 14.2. The Morgan fingerprint density at radius 3 is 2.68 bits per heavy atom. The fraction of sp³-hybridized carbons (Fsp3) is 0.733. The lowest BCUT2D eigenvalue weighted by Crippen LogP contribution is -2.38. The van der Waals surface area contributed by atoms with Crippen molar-refractivity contribution in [1.29, 1.82) is 0 Å². The zero-order valence-corrected chi connectivity index (χ0v) is 12.4. The van der Waals surface area contributed by atoms with Gasteiger partial charge in [0.1, 0.15) is 0 Å². The van der Waals surface area contributed by atoms with Crippen LogP contribution in [0.4, 0.5) is 0 Å². The molecule has 2 heterocycles. The lowest BCUT2D eigenvalue weighted by atomic mass is 9.99. The highest BCUT2D eigenvalue weighted by Gasteiger charge is 2.20. The summed E-state index contributed by atoms with van der Waals surface area (Å²) < 4.78 is 1.94. The third-order valence-corrected chi connectivity index (χ3v) is 4.12. The van der Waals surface area contributed by atoms with Crippen LogP contribution in [0.2, 0.25) is 0 Å². The lowest BCUT2D eigenvalue weighted by molar-refractivity contribution is -0.132. The molecule has 4 nitrogen and oxygen atoms in total. The molecular weight excluding hydrogens is 238 g/mol. The molecule has 1 aromatic heterocycles. The van der Waals surface area contributed by atoms with Gasteiger partial charge in [0.2, 0.25) is 5.91 Å². The molecule has 0 atom stereocenters. The minimum absolute atomic E-state index is 0.301. The molecule has 0 unspecified atom stereocenters. The van der Waals surface area contributed by atoms with Gasteiger partial charge in [-0.05, 0) is 44.6 Å². The number of likely N-dealkylation sites (tertiary alicyclic amines) is 1. The van der Waals surface area contributed by atoms with Crippen LogP contribution >= 0.6 is 0 Å². The number of rotatable bonds is 4. The second kappa shape index (κ2) is 6.22. The van der Waals surface area contributed by atoms with Gasteiger partial charge in [0, 0.05) is 32.3 Å². The largest absolute Gasteiger partial charge is 0.343 e. The van der Waals surface area contributed by atoms with Crippen molar-refractivity contribution in [2.24, 2.45) is 5.92 Å². The number of hydrogen-bond donors (Lipinski definition) is 0. The van der Waals surface area contributed by atoms with Crippen molar-refractivity contribution in [3.8, 4) is 0 Å². The van der Waals surface area contributed by atoms with Crippen LogP contribution in [0.3, 0.4) is 0 Å². The molecule has 1 aromatic rings. The first-order valence-corrected chi connectivity index (χ1v) is 7.40.